The molecule has 2 rings (SSSR count). The van der Waals surface area contributed by atoms with Crippen LogP contribution >= 0.6 is 24.0 Å². The van der Waals surface area contributed by atoms with Gasteiger partial charge in [0, 0.05) is 39.1 Å². The predicted octanol–water partition coefficient (Wildman–Crippen LogP) is 2.88. The van der Waals surface area contributed by atoms with Gasteiger partial charge in [0.05, 0.1) is 0 Å². The van der Waals surface area contributed by atoms with Crippen LogP contribution in [0.2, 0.25) is 0 Å². The van der Waals surface area contributed by atoms with Crippen molar-refractivity contribution in [3.05, 3.63) is 18.2 Å². The Balaban J connectivity index is 0.00000338. The van der Waals surface area contributed by atoms with E-state index in [-0.39, 0.29) is 24.0 Å². The summed E-state index contributed by atoms with van der Waals surface area (Å²) in [5.74, 6) is 2.93. The number of halogens is 1. The van der Waals surface area contributed by atoms with Gasteiger partial charge in [-0.1, -0.05) is 6.92 Å². The molecule has 0 aromatic carbocycles. The molecule has 1 fully saturated rings. The first-order valence-corrected chi connectivity index (χ1v) is 9.83. The maximum absolute atomic E-state index is 4.31. The van der Waals surface area contributed by atoms with Gasteiger partial charge in [0.25, 0.3) is 0 Å². The maximum atomic E-state index is 4.31. The largest absolute Gasteiger partial charge is 0.356 e. The summed E-state index contributed by atoms with van der Waals surface area (Å²) in [6.07, 6.45) is 10.1. The zero-order valence-corrected chi connectivity index (χ0v) is 19.0. The Morgan fingerprint density at radius 2 is 1.85 bits per heavy atom. The highest BCUT2D eigenvalue weighted by Gasteiger charge is 2.14. The lowest BCUT2D eigenvalue weighted by Gasteiger charge is -2.30. The van der Waals surface area contributed by atoms with Crippen LogP contribution in [0.1, 0.15) is 44.9 Å². The molecule has 0 atom stereocenters. The van der Waals surface area contributed by atoms with Gasteiger partial charge >= 0.3 is 0 Å². The Morgan fingerprint density at radius 1 is 1.15 bits per heavy atom. The van der Waals surface area contributed by atoms with Crippen molar-refractivity contribution in [1.82, 2.24) is 25.1 Å². The number of nitrogens with one attached hydrogen (secondary N) is 2. The monoisotopic (exact) mass is 476 g/mol. The van der Waals surface area contributed by atoms with Crippen LogP contribution in [0.15, 0.2) is 17.4 Å². The SMILES string of the molecule is CN=C(NCCCCn1ccnc1C)NCCCN1CCC(C)CC1.I. The lowest BCUT2D eigenvalue weighted by molar-refractivity contribution is 0.191. The quantitative estimate of drug-likeness (QED) is 0.249. The van der Waals surface area contributed by atoms with Crippen LogP contribution in [0.25, 0.3) is 0 Å². The summed E-state index contributed by atoms with van der Waals surface area (Å²) in [5, 5.41) is 6.84. The molecule has 1 aliphatic rings. The third kappa shape index (κ3) is 8.70. The maximum Gasteiger partial charge on any atom is 0.190 e. The van der Waals surface area contributed by atoms with E-state index in [1.165, 1.54) is 38.9 Å². The summed E-state index contributed by atoms with van der Waals surface area (Å²) >= 11 is 0. The molecule has 1 aromatic heterocycles. The fraction of sp³-hybridized carbons (Fsp3) is 0.789. The van der Waals surface area contributed by atoms with Crippen LogP contribution in [0.5, 0.6) is 0 Å². The van der Waals surface area contributed by atoms with E-state index in [1.807, 2.05) is 19.4 Å². The van der Waals surface area contributed by atoms with Crippen molar-refractivity contribution in [2.75, 3.05) is 39.8 Å². The normalized spacial score (nSPS) is 16.3. The minimum atomic E-state index is 0. The van der Waals surface area contributed by atoms with E-state index in [4.69, 9.17) is 0 Å². The Labute approximate surface area is 176 Å². The third-order valence-corrected chi connectivity index (χ3v) is 5.09. The minimum absolute atomic E-state index is 0. The number of aromatic nitrogens is 2. The molecule has 0 saturated carbocycles. The van der Waals surface area contributed by atoms with E-state index in [0.29, 0.717) is 0 Å². The molecular weight excluding hydrogens is 439 g/mol. The summed E-state index contributed by atoms with van der Waals surface area (Å²) < 4.78 is 2.20. The molecule has 0 bridgehead atoms. The number of piperidine rings is 1. The molecule has 2 heterocycles. The number of likely N-dealkylation sites (tertiary alicyclic amines) is 1. The van der Waals surface area contributed by atoms with E-state index in [1.54, 1.807) is 0 Å². The highest BCUT2D eigenvalue weighted by Crippen LogP contribution is 2.15. The summed E-state index contributed by atoms with van der Waals surface area (Å²) in [4.78, 5) is 11.2. The second-order valence-corrected chi connectivity index (χ2v) is 7.18. The van der Waals surface area contributed by atoms with Crippen molar-refractivity contribution in [2.45, 2.75) is 52.5 Å². The smallest absolute Gasteiger partial charge is 0.190 e. The highest BCUT2D eigenvalue weighted by atomic mass is 127. The average Bonchev–Trinajstić information content (AvgIpc) is 3.03. The lowest BCUT2D eigenvalue weighted by atomic mass is 9.99. The topological polar surface area (TPSA) is 57.5 Å². The van der Waals surface area contributed by atoms with E-state index in [9.17, 15) is 0 Å². The molecule has 6 nitrogen and oxygen atoms in total. The number of hydrogen-bond donors (Lipinski definition) is 2. The number of imidazole rings is 1. The first-order valence-electron chi connectivity index (χ1n) is 9.83. The highest BCUT2D eigenvalue weighted by molar-refractivity contribution is 14.0. The van der Waals surface area contributed by atoms with Crippen molar-refractivity contribution >= 4 is 29.9 Å². The molecule has 150 valence electrons. The second kappa shape index (κ2) is 13.4. The van der Waals surface area contributed by atoms with Crippen LogP contribution in [-0.2, 0) is 6.54 Å². The van der Waals surface area contributed by atoms with E-state index >= 15 is 0 Å². The van der Waals surface area contributed by atoms with Gasteiger partial charge in [-0.25, -0.2) is 4.98 Å². The van der Waals surface area contributed by atoms with Gasteiger partial charge in [-0.2, -0.15) is 0 Å². The molecule has 0 amide bonds. The average molecular weight is 476 g/mol. The predicted molar refractivity (Wildman–Crippen MR) is 120 cm³/mol. The number of aliphatic imine (C=N–C) groups is 1. The summed E-state index contributed by atoms with van der Waals surface area (Å²) in [5.41, 5.74) is 0. The zero-order valence-electron chi connectivity index (χ0n) is 16.7. The van der Waals surface area contributed by atoms with E-state index in [2.05, 4.69) is 43.9 Å². The molecule has 2 N–H and O–H groups in total. The molecule has 0 radical (unpaired) electrons. The van der Waals surface area contributed by atoms with Crippen molar-refractivity contribution in [2.24, 2.45) is 10.9 Å². The van der Waals surface area contributed by atoms with E-state index < -0.39 is 0 Å². The second-order valence-electron chi connectivity index (χ2n) is 7.18. The Morgan fingerprint density at radius 3 is 2.46 bits per heavy atom. The van der Waals surface area contributed by atoms with Gasteiger partial charge in [-0.15, -0.1) is 24.0 Å². The molecule has 0 unspecified atom stereocenters. The number of hydrogen-bond acceptors (Lipinski definition) is 3. The Bertz CT molecular complexity index is 508. The first kappa shape index (κ1) is 23.2. The fourth-order valence-corrected chi connectivity index (χ4v) is 3.27. The molecule has 0 spiro atoms. The third-order valence-electron chi connectivity index (χ3n) is 5.09. The van der Waals surface area contributed by atoms with Crippen molar-refractivity contribution < 1.29 is 0 Å². The number of guanidine groups is 1. The van der Waals surface area contributed by atoms with Gasteiger partial charge in [-0.05, 0) is 64.6 Å². The summed E-state index contributed by atoms with van der Waals surface area (Å²) in [7, 11) is 1.84. The van der Waals surface area contributed by atoms with Crippen molar-refractivity contribution in [1.29, 1.82) is 0 Å². The number of rotatable bonds is 9. The van der Waals surface area contributed by atoms with Gasteiger partial charge < -0.3 is 20.1 Å². The molecule has 1 aromatic rings. The zero-order chi connectivity index (χ0) is 17.9. The van der Waals surface area contributed by atoms with Gasteiger partial charge in [0.1, 0.15) is 5.82 Å². The molecular formula is C19H37IN6. The molecule has 26 heavy (non-hydrogen) atoms. The molecule has 7 heteroatoms. The van der Waals surface area contributed by atoms with Gasteiger partial charge in [0.15, 0.2) is 5.96 Å². The van der Waals surface area contributed by atoms with Crippen molar-refractivity contribution in [3.8, 4) is 0 Å². The molecule has 1 saturated heterocycles. The van der Waals surface area contributed by atoms with Crippen LogP contribution in [0, 0.1) is 12.8 Å². The number of nitrogens with zero attached hydrogens (tertiary/aromatic N) is 4. The Kier molecular flexibility index (Phi) is 11.9. The fourth-order valence-electron chi connectivity index (χ4n) is 3.27. The summed E-state index contributed by atoms with van der Waals surface area (Å²) in [6.45, 7) is 11.1. The van der Waals surface area contributed by atoms with Crippen molar-refractivity contribution in [3.63, 3.8) is 0 Å². The van der Waals surface area contributed by atoms with E-state index in [0.717, 1.165) is 50.2 Å². The van der Waals surface area contributed by atoms with Crippen LogP contribution < -0.4 is 10.6 Å². The Hall–Kier alpha value is -0.830. The van der Waals surface area contributed by atoms with Crippen LogP contribution in [0.3, 0.4) is 0 Å². The van der Waals surface area contributed by atoms with Gasteiger partial charge in [-0.3, -0.25) is 4.99 Å². The minimum Gasteiger partial charge on any atom is -0.356 e. The number of aryl methyl sites for hydroxylation is 2. The first-order chi connectivity index (χ1) is 12.2. The number of unbranched alkanes of at least 4 members (excludes halogenated alkanes) is 1. The summed E-state index contributed by atoms with van der Waals surface area (Å²) in [6, 6.07) is 0. The van der Waals surface area contributed by atoms with Gasteiger partial charge in [0.2, 0.25) is 0 Å². The van der Waals surface area contributed by atoms with Crippen LogP contribution in [0.4, 0.5) is 0 Å². The molecule has 1 aliphatic heterocycles. The lowest BCUT2D eigenvalue weighted by Crippen LogP contribution is -2.40. The molecule has 0 aliphatic carbocycles. The standard InChI is InChI=1S/C19H36N6.HI/c1-17-7-14-24(15-8-17)12-6-10-23-19(20-3)22-9-4-5-13-25-16-11-21-18(25)2;/h11,16-17H,4-10,12-15H2,1-3H3,(H2,20,22,23);1H. The van der Waals surface area contributed by atoms with Crippen LogP contribution in [-0.4, -0.2) is 60.2 Å².